The van der Waals surface area contributed by atoms with Gasteiger partial charge in [-0.1, -0.05) is 52.0 Å². The van der Waals surface area contributed by atoms with Crippen molar-refractivity contribution in [3.63, 3.8) is 0 Å². The maximum Gasteiger partial charge on any atom is 0.305 e. The molecule has 2 rings (SSSR count). The molecule has 0 saturated carbocycles. The lowest BCUT2D eigenvalue weighted by atomic mass is 10.2. The van der Waals surface area contributed by atoms with Crippen LogP contribution in [0.4, 0.5) is 0 Å². The number of thioether (sulfide) groups is 1. The van der Waals surface area contributed by atoms with E-state index < -0.39 is 17.9 Å². The van der Waals surface area contributed by atoms with Gasteiger partial charge < -0.3 is 10.4 Å². The van der Waals surface area contributed by atoms with Gasteiger partial charge in [0.25, 0.3) is 5.91 Å². The summed E-state index contributed by atoms with van der Waals surface area (Å²) in [6.45, 7) is 1.56. The van der Waals surface area contributed by atoms with E-state index in [1.165, 1.54) is 4.90 Å². The van der Waals surface area contributed by atoms with Gasteiger partial charge >= 0.3 is 5.97 Å². The van der Waals surface area contributed by atoms with Crippen LogP contribution in [0.3, 0.4) is 0 Å². The summed E-state index contributed by atoms with van der Waals surface area (Å²) in [7, 11) is 0. The molecule has 132 valence electrons. The fourth-order valence-corrected chi connectivity index (χ4v) is 3.95. The van der Waals surface area contributed by atoms with E-state index >= 15 is 0 Å². The van der Waals surface area contributed by atoms with Gasteiger partial charge in [0, 0.05) is 11.0 Å². The van der Waals surface area contributed by atoms with Crippen molar-refractivity contribution < 1.29 is 19.5 Å². The number of carbonyl (C=O) groups excluding carboxylic acids is 2. The molecule has 2 N–H and O–H groups in total. The standard InChI is InChI=1S/C16H15BrN2O4S2/c1-9(14(22)18-6-5-13(20)21)19-15(23)12(25-16(19)24)8-10-3-2-4-11(17)7-10/h2-4,7-9H,5-6H2,1H3,(H,18,22)(H,20,21)/b12-8-. The third kappa shape index (κ3) is 5.13. The van der Waals surface area contributed by atoms with Gasteiger partial charge in [-0.3, -0.25) is 19.3 Å². The Hall–Kier alpha value is -1.71. The molecule has 6 nitrogen and oxygen atoms in total. The minimum absolute atomic E-state index is 0.00117. The molecule has 1 aliphatic heterocycles. The zero-order valence-corrected chi connectivity index (χ0v) is 16.4. The second-order valence-electron chi connectivity index (χ2n) is 5.22. The average Bonchev–Trinajstić information content (AvgIpc) is 2.80. The van der Waals surface area contributed by atoms with Gasteiger partial charge in [0.1, 0.15) is 10.4 Å². The number of thiocarbonyl (C=S) groups is 1. The summed E-state index contributed by atoms with van der Waals surface area (Å²) in [5, 5.41) is 11.1. The largest absolute Gasteiger partial charge is 0.481 e. The van der Waals surface area contributed by atoms with Crippen LogP contribution in [0.5, 0.6) is 0 Å². The molecule has 1 heterocycles. The number of nitrogens with one attached hydrogen (secondary N) is 1. The maximum absolute atomic E-state index is 12.6. The Morgan fingerprint density at radius 1 is 1.48 bits per heavy atom. The molecular formula is C16H15BrN2O4S2. The van der Waals surface area contributed by atoms with Crippen LogP contribution in [0.15, 0.2) is 33.6 Å². The highest BCUT2D eigenvalue weighted by molar-refractivity contribution is 9.10. The first kappa shape index (κ1) is 19.6. The number of benzene rings is 1. The predicted molar refractivity (Wildman–Crippen MR) is 104 cm³/mol. The Bertz CT molecular complexity index is 766. The normalized spacial score (nSPS) is 17.0. The summed E-state index contributed by atoms with van der Waals surface area (Å²) >= 11 is 9.74. The Labute approximate surface area is 162 Å². The first-order valence-electron chi connectivity index (χ1n) is 7.31. The van der Waals surface area contributed by atoms with E-state index in [1.807, 2.05) is 24.3 Å². The number of halogens is 1. The third-order valence-electron chi connectivity index (χ3n) is 3.37. The molecule has 1 fully saturated rings. The molecular weight excluding hydrogens is 428 g/mol. The molecule has 0 aliphatic carbocycles. The van der Waals surface area contributed by atoms with Crippen LogP contribution in [0.25, 0.3) is 6.08 Å². The van der Waals surface area contributed by atoms with Crippen LogP contribution in [0.2, 0.25) is 0 Å². The van der Waals surface area contributed by atoms with Gasteiger partial charge in [-0.2, -0.15) is 0 Å². The summed E-state index contributed by atoms with van der Waals surface area (Å²) in [5.74, 6) is -1.78. The van der Waals surface area contributed by atoms with E-state index in [4.69, 9.17) is 17.3 Å². The minimum Gasteiger partial charge on any atom is -0.481 e. The van der Waals surface area contributed by atoms with Gasteiger partial charge in [0.2, 0.25) is 5.91 Å². The van der Waals surface area contributed by atoms with Crippen LogP contribution < -0.4 is 5.32 Å². The SMILES string of the molecule is CC(C(=O)NCCC(=O)O)N1C(=O)/C(=C/c2cccc(Br)c2)SC1=S. The van der Waals surface area contributed by atoms with Crippen molar-refractivity contribution in [2.24, 2.45) is 0 Å². The van der Waals surface area contributed by atoms with Crippen LogP contribution >= 0.6 is 39.9 Å². The fourth-order valence-electron chi connectivity index (χ4n) is 2.12. The van der Waals surface area contributed by atoms with Crippen molar-refractivity contribution >= 4 is 68.1 Å². The molecule has 0 bridgehead atoms. The number of amides is 2. The lowest BCUT2D eigenvalue weighted by molar-refractivity contribution is -0.137. The van der Waals surface area contributed by atoms with Crippen LogP contribution in [0, 0.1) is 0 Å². The number of rotatable bonds is 6. The molecule has 9 heteroatoms. The van der Waals surface area contributed by atoms with E-state index in [0.717, 1.165) is 21.8 Å². The summed E-state index contributed by atoms with van der Waals surface area (Å²) in [6.07, 6.45) is 1.54. The highest BCUT2D eigenvalue weighted by Gasteiger charge is 2.38. The van der Waals surface area contributed by atoms with Crippen LogP contribution in [-0.2, 0) is 14.4 Å². The average molecular weight is 443 g/mol. The number of hydrogen-bond acceptors (Lipinski definition) is 5. The number of carboxylic acids is 1. The zero-order valence-electron chi connectivity index (χ0n) is 13.2. The predicted octanol–water partition coefficient (Wildman–Crippen LogP) is 2.63. The molecule has 1 atom stereocenters. The minimum atomic E-state index is -1.00. The Balaban J connectivity index is 2.09. The summed E-state index contributed by atoms with van der Waals surface area (Å²) in [5.41, 5.74) is 0.841. The second-order valence-corrected chi connectivity index (χ2v) is 7.81. The highest BCUT2D eigenvalue weighted by atomic mass is 79.9. The lowest BCUT2D eigenvalue weighted by Gasteiger charge is -2.22. The first-order valence-corrected chi connectivity index (χ1v) is 9.33. The highest BCUT2D eigenvalue weighted by Crippen LogP contribution is 2.34. The van der Waals surface area contributed by atoms with Gasteiger partial charge in [0.15, 0.2) is 0 Å². The number of carbonyl (C=O) groups is 3. The zero-order chi connectivity index (χ0) is 18.6. The number of aliphatic carboxylic acids is 1. The van der Waals surface area contributed by atoms with Gasteiger partial charge in [0.05, 0.1) is 11.3 Å². The smallest absolute Gasteiger partial charge is 0.305 e. The van der Waals surface area contributed by atoms with Crippen molar-refractivity contribution in [1.29, 1.82) is 0 Å². The number of nitrogens with zero attached hydrogens (tertiary/aromatic N) is 1. The number of hydrogen-bond donors (Lipinski definition) is 2. The molecule has 1 aromatic rings. The Morgan fingerprint density at radius 2 is 2.20 bits per heavy atom. The van der Waals surface area contributed by atoms with Crippen LogP contribution in [-0.4, -0.2) is 44.7 Å². The van der Waals surface area contributed by atoms with E-state index in [0.29, 0.717) is 9.23 Å². The topological polar surface area (TPSA) is 86.7 Å². The second kappa shape index (κ2) is 8.59. The van der Waals surface area contributed by atoms with Crippen molar-refractivity contribution in [2.75, 3.05) is 6.54 Å². The van der Waals surface area contributed by atoms with Crippen molar-refractivity contribution in [3.8, 4) is 0 Å². The molecule has 1 aromatic carbocycles. The first-order chi connectivity index (χ1) is 11.8. The van der Waals surface area contributed by atoms with Gasteiger partial charge in [-0.05, 0) is 30.7 Å². The molecule has 0 aromatic heterocycles. The van der Waals surface area contributed by atoms with Crippen molar-refractivity contribution in [3.05, 3.63) is 39.2 Å². The van der Waals surface area contributed by atoms with E-state index in [9.17, 15) is 14.4 Å². The van der Waals surface area contributed by atoms with Gasteiger partial charge in [-0.25, -0.2) is 0 Å². The maximum atomic E-state index is 12.6. The Morgan fingerprint density at radius 3 is 2.84 bits per heavy atom. The fraction of sp³-hybridized carbons (Fsp3) is 0.250. The van der Waals surface area contributed by atoms with Crippen LogP contribution in [0.1, 0.15) is 18.9 Å². The van der Waals surface area contributed by atoms with E-state index in [2.05, 4.69) is 21.2 Å². The monoisotopic (exact) mass is 442 g/mol. The summed E-state index contributed by atoms with van der Waals surface area (Å²) in [6, 6.07) is 6.66. The molecule has 0 radical (unpaired) electrons. The molecule has 1 unspecified atom stereocenters. The van der Waals surface area contributed by atoms with Gasteiger partial charge in [-0.15, -0.1) is 0 Å². The lowest BCUT2D eigenvalue weighted by Crippen LogP contribution is -2.47. The molecule has 25 heavy (non-hydrogen) atoms. The molecule has 1 saturated heterocycles. The molecule has 2 amide bonds. The Kier molecular flexibility index (Phi) is 6.74. The van der Waals surface area contributed by atoms with E-state index in [-0.39, 0.29) is 18.9 Å². The van der Waals surface area contributed by atoms with E-state index in [1.54, 1.807) is 13.0 Å². The quantitative estimate of drug-likeness (QED) is 0.520. The van der Waals surface area contributed by atoms with Crippen molar-refractivity contribution in [2.45, 2.75) is 19.4 Å². The molecule has 0 spiro atoms. The van der Waals surface area contributed by atoms with Crippen molar-refractivity contribution in [1.82, 2.24) is 10.2 Å². The summed E-state index contributed by atoms with van der Waals surface area (Å²) < 4.78 is 1.19. The number of carboxylic acid groups (broad SMARTS) is 1. The third-order valence-corrected chi connectivity index (χ3v) is 5.20. The molecule has 1 aliphatic rings. The summed E-state index contributed by atoms with van der Waals surface area (Å²) in [4.78, 5) is 36.9.